The Bertz CT molecular complexity index is 1640. The van der Waals surface area contributed by atoms with Gasteiger partial charge in [0, 0.05) is 17.1 Å². The zero-order valence-electron chi connectivity index (χ0n) is 23.3. The molecule has 230 valence electrons. The van der Waals surface area contributed by atoms with E-state index in [0.29, 0.717) is 10.6 Å². The van der Waals surface area contributed by atoms with Crippen LogP contribution in [0.4, 0.5) is 25.3 Å². The summed E-state index contributed by atoms with van der Waals surface area (Å²) < 4.78 is 70.0. The third-order valence-electron chi connectivity index (χ3n) is 6.46. The summed E-state index contributed by atoms with van der Waals surface area (Å²) in [5.74, 6) is -1.51. The fourth-order valence-electron chi connectivity index (χ4n) is 4.58. The maximum absolute atomic E-state index is 13.9. The first-order chi connectivity index (χ1) is 20.1. The monoisotopic (exact) mass is 639 g/mol. The van der Waals surface area contributed by atoms with E-state index in [2.05, 4.69) is 20.3 Å². The van der Waals surface area contributed by atoms with Crippen molar-refractivity contribution in [2.75, 3.05) is 35.2 Å². The number of benzene rings is 2. The predicted molar refractivity (Wildman–Crippen MR) is 151 cm³/mol. The number of carbonyl (C=O) groups excluding carboxylic acids is 2. The van der Waals surface area contributed by atoms with Gasteiger partial charge in [-0.2, -0.15) is 8.78 Å². The molecule has 0 unspecified atom stereocenters. The molecule has 1 fully saturated rings. The quantitative estimate of drug-likeness (QED) is 0.434. The number of morpholine rings is 1. The van der Waals surface area contributed by atoms with Gasteiger partial charge in [0.25, 0.3) is 5.91 Å². The first-order valence-electron chi connectivity index (χ1n) is 13.1. The van der Waals surface area contributed by atoms with Crippen LogP contribution in [-0.2, 0) is 30.7 Å². The van der Waals surface area contributed by atoms with E-state index in [9.17, 15) is 26.8 Å². The van der Waals surface area contributed by atoms with E-state index in [-0.39, 0.29) is 47.7 Å². The van der Waals surface area contributed by atoms with Gasteiger partial charge in [-0.05, 0) is 56.7 Å². The number of ether oxygens (including phenoxy) is 2. The molecule has 0 radical (unpaired) electrons. The van der Waals surface area contributed by atoms with Gasteiger partial charge < -0.3 is 29.0 Å². The van der Waals surface area contributed by atoms with E-state index in [1.807, 2.05) is 0 Å². The Hall–Kier alpha value is -3.82. The molecule has 2 aliphatic rings. The van der Waals surface area contributed by atoms with Crippen LogP contribution in [0.1, 0.15) is 26.3 Å². The molecule has 1 aromatic heterocycles. The van der Waals surface area contributed by atoms with E-state index < -0.39 is 51.9 Å². The van der Waals surface area contributed by atoms with E-state index in [1.54, 1.807) is 45.0 Å². The Morgan fingerprint density at radius 3 is 2.58 bits per heavy atom. The minimum atomic E-state index is -4.13. The third kappa shape index (κ3) is 7.05. The highest BCUT2D eigenvalue weighted by Crippen LogP contribution is 2.36. The van der Waals surface area contributed by atoms with Crippen LogP contribution < -0.4 is 15.1 Å². The third-order valence-corrected chi connectivity index (χ3v) is 8.50. The van der Waals surface area contributed by atoms with Crippen molar-refractivity contribution in [3.63, 3.8) is 0 Å². The number of aromatic nitrogens is 2. The number of nitrogens with one attached hydrogen (secondary N) is 1. The molecule has 2 amide bonds. The van der Waals surface area contributed by atoms with Crippen molar-refractivity contribution in [3.8, 4) is 11.5 Å². The summed E-state index contributed by atoms with van der Waals surface area (Å²) in [5.41, 5.74) is -0.0287. The van der Waals surface area contributed by atoms with Crippen LogP contribution in [0.25, 0.3) is 11.5 Å². The van der Waals surface area contributed by atoms with Gasteiger partial charge in [-0.25, -0.2) is 13.2 Å². The number of halogens is 3. The van der Waals surface area contributed by atoms with Crippen LogP contribution in [0.15, 0.2) is 51.8 Å². The predicted octanol–water partition coefficient (Wildman–Crippen LogP) is 4.03. The van der Waals surface area contributed by atoms with Crippen LogP contribution in [0, 0.1) is 0 Å². The lowest BCUT2D eigenvalue weighted by Crippen LogP contribution is -2.51. The van der Waals surface area contributed by atoms with Gasteiger partial charge in [-0.1, -0.05) is 28.8 Å². The molecular formula is C27H28ClF2N5O7S. The molecule has 1 atom stereocenters. The van der Waals surface area contributed by atoms with Crippen LogP contribution >= 0.6 is 11.6 Å². The number of alkyl halides is 2. The van der Waals surface area contributed by atoms with Gasteiger partial charge in [0.1, 0.15) is 18.2 Å². The molecule has 3 heterocycles. The molecule has 5 rings (SSSR count). The molecule has 0 bridgehead atoms. The summed E-state index contributed by atoms with van der Waals surface area (Å²) >= 11 is 6.03. The maximum Gasteiger partial charge on any atom is 0.408 e. The maximum atomic E-state index is 13.9. The fraction of sp³-hybridized carbons (Fsp3) is 0.407. The first kappa shape index (κ1) is 30.6. The second-order valence-corrected chi connectivity index (χ2v) is 13.4. The molecule has 2 aromatic carbocycles. The Morgan fingerprint density at radius 1 is 1.19 bits per heavy atom. The number of hydrogen-bond donors (Lipinski definition) is 1. The van der Waals surface area contributed by atoms with Crippen molar-refractivity contribution in [2.45, 2.75) is 50.0 Å². The number of amides is 2. The molecule has 1 N–H and O–H groups in total. The minimum Gasteiger partial charge on any atom is -0.444 e. The summed E-state index contributed by atoms with van der Waals surface area (Å²) in [6.07, 6.45) is -4.34. The largest absolute Gasteiger partial charge is 0.444 e. The van der Waals surface area contributed by atoms with Crippen LogP contribution in [0.3, 0.4) is 0 Å². The Balaban J connectivity index is 1.53. The topological polar surface area (TPSA) is 144 Å². The van der Waals surface area contributed by atoms with Crippen molar-refractivity contribution in [1.82, 2.24) is 15.5 Å². The lowest BCUT2D eigenvalue weighted by molar-refractivity contribution is -0.240. The molecule has 16 heteroatoms. The van der Waals surface area contributed by atoms with Crippen LogP contribution in [-0.4, -0.2) is 73.8 Å². The van der Waals surface area contributed by atoms with Crippen molar-refractivity contribution in [1.29, 1.82) is 0 Å². The zero-order chi connectivity index (χ0) is 31.2. The minimum absolute atomic E-state index is 0.00333. The number of alkyl carbamates (subject to hydrolysis) is 1. The van der Waals surface area contributed by atoms with Gasteiger partial charge in [0.2, 0.25) is 5.89 Å². The summed E-state index contributed by atoms with van der Waals surface area (Å²) in [6, 6.07) is 9.06. The van der Waals surface area contributed by atoms with Crippen molar-refractivity contribution < 1.29 is 40.7 Å². The first-order valence-corrected chi connectivity index (χ1v) is 15.2. The summed E-state index contributed by atoms with van der Waals surface area (Å²) in [7, 11) is -4.13. The normalized spacial score (nSPS) is 19.9. The summed E-state index contributed by atoms with van der Waals surface area (Å²) in [5, 5.41) is 10.7. The Morgan fingerprint density at radius 2 is 1.91 bits per heavy atom. The van der Waals surface area contributed by atoms with Gasteiger partial charge in [0.15, 0.2) is 9.84 Å². The highest BCUT2D eigenvalue weighted by atomic mass is 35.5. The molecule has 0 spiro atoms. The summed E-state index contributed by atoms with van der Waals surface area (Å²) in [6.45, 7) is 3.89. The standard InChI is InChI=1S/C27H28ClF2N5O7S/c1-26(2,3)42-25(37)31-19-14-43(38,39)21-9-6-17(22-32-33-24(41-22)34-10-11-40-27(29,30)15-34)12-20(21)35(23(19)36)13-16-4-7-18(28)8-5-16/h4-9,12,19H,10-11,13-15H2,1-3H3,(H,31,37)/t19-/m0/s1. The van der Waals surface area contributed by atoms with Crippen LogP contribution in [0.2, 0.25) is 5.02 Å². The molecule has 0 aliphatic carbocycles. The molecule has 12 nitrogen and oxygen atoms in total. The van der Waals surface area contributed by atoms with E-state index in [0.717, 1.165) is 0 Å². The molecule has 2 aliphatic heterocycles. The molecule has 1 saturated heterocycles. The fourth-order valence-corrected chi connectivity index (χ4v) is 6.31. The number of sulfone groups is 1. The van der Waals surface area contributed by atoms with Gasteiger partial charge in [-0.15, -0.1) is 5.10 Å². The number of rotatable bonds is 5. The number of anilines is 2. The average Bonchev–Trinajstić information content (AvgIpc) is 3.38. The van der Waals surface area contributed by atoms with Gasteiger partial charge in [-0.3, -0.25) is 4.79 Å². The highest BCUT2D eigenvalue weighted by molar-refractivity contribution is 7.91. The van der Waals surface area contributed by atoms with Gasteiger partial charge >= 0.3 is 18.2 Å². The second-order valence-electron chi connectivity index (χ2n) is 11.0. The number of hydrogen-bond acceptors (Lipinski definition) is 10. The smallest absolute Gasteiger partial charge is 0.408 e. The molecule has 0 saturated carbocycles. The van der Waals surface area contributed by atoms with E-state index in [4.69, 9.17) is 20.8 Å². The van der Waals surface area contributed by atoms with Crippen molar-refractivity contribution in [3.05, 3.63) is 53.1 Å². The number of carbonyl (C=O) groups is 2. The van der Waals surface area contributed by atoms with E-state index >= 15 is 0 Å². The second kappa shape index (κ2) is 11.4. The number of nitrogens with zero attached hydrogens (tertiary/aromatic N) is 4. The summed E-state index contributed by atoms with van der Waals surface area (Å²) in [4.78, 5) is 28.7. The Labute approximate surface area is 250 Å². The highest BCUT2D eigenvalue weighted by Gasteiger charge is 2.41. The zero-order valence-corrected chi connectivity index (χ0v) is 24.9. The SMILES string of the molecule is CC(C)(C)OC(=O)N[C@H]1CS(=O)(=O)c2ccc(-c3nnc(N4CCOC(F)(F)C4)o3)cc2N(Cc2ccc(Cl)cc2)C1=O. The van der Waals surface area contributed by atoms with E-state index in [1.165, 1.54) is 28.0 Å². The molecular weight excluding hydrogens is 612 g/mol. The lowest BCUT2D eigenvalue weighted by Gasteiger charge is -2.30. The Kier molecular flexibility index (Phi) is 8.09. The molecule has 43 heavy (non-hydrogen) atoms. The van der Waals surface area contributed by atoms with Crippen molar-refractivity contribution >= 4 is 45.1 Å². The van der Waals surface area contributed by atoms with Crippen molar-refractivity contribution in [2.24, 2.45) is 0 Å². The number of fused-ring (bicyclic) bond motifs is 1. The van der Waals surface area contributed by atoms with Crippen LogP contribution in [0.5, 0.6) is 0 Å². The average molecular weight is 640 g/mol. The van der Waals surface area contributed by atoms with Gasteiger partial charge in [0.05, 0.1) is 29.5 Å². The lowest BCUT2D eigenvalue weighted by atomic mass is 10.1. The molecule has 3 aromatic rings.